The van der Waals surface area contributed by atoms with Crippen LogP contribution in [0.15, 0.2) is 39.7 Å². The average molecular weight is 443 g/mol. The van der Waals surface area contributed by atoms with E-state index in [2.05, 4.69) is 20.3 Å². The second-order valence-corrected chi connectivity index (χ2v) is 8.55. The highest BCUT2D eigenvalue weighted by molar-refractivity contribution is 5.94. The number of piperidine rings is 1. The van der Waals surface area contributed by atoms with Gasteiger partial charge in [0, 0.05) is 37.7 Å². The van der Waals surface area contributed by atoms with Crippen molar-refractivity contribution in [2.24, 2.45) is 0 Å². The number of amides is 1. The standard InChI is InChI=1S/C22H23F2N5O3/c1-12(29-9-8-22(23,24)15(11-29)14-4-7-18(30)25-10-14)20(31)27-17-6-5-16-19(26-17)28-21(32-16)13-2-3-13/h4-7,10,12-13,15H,2-3,8-9,11H2,1H3,(H,25,30)(H,26,27,31)/t12-,15+/m0/s1. The van der Waals surface area contributed by atoms with Gasteiger partial charge in [0.15, 0.2) is 11.5 Å². The fourth-order valence-corrected chi connectivity index (χ4v) is 4.07. The second-order valence-electron chi connectivity index (χ2n) is 8.55. The number of carbonyl (C=O) groups is 1. The van der Waals surface area contributed by atoms with Crippen molar-refractivity contribution in [1.29, 1.82) is 0 Å². The van der Waals surface area contributed by atoms with Crippen LogP contribution in [-0.4, -0.2) is 50.8 Å². The normalized spacial score (nSPS) is 22.0. The van der Waals surface area contributed by atoms with Gasteiger partial charge in [-0.3, -0.25) is 14.5 Å². The van der Waals surface area contributed by atoms with Crippen LogP contribution in [0, 0.1) is 0 Å². The molecule has 0 bridgehead atoms. The summed E-state index contributed by atoms with van der Waals surface area (Å²) in [5.74, 6) is -3.02. The summed E-state index contributed by atoms with van der Waals surface area (Å²) < 4.78 is 34.9. The first kappa shape index (κ1) is 20.7. The van der Waals surface area contributed by atoms with Gasteiger partial charge in [-0.1, -0.05) is 6.07 Å². The Labute approximate surface area is 182 Å². The monoisotopic (exact) mass is 443 g/mol. The molecule has 0 aromatic carbocycles. The molecule has 4 heterocycles. The number of aromatic nitrogens is 3. The van der Waals surface area contributed by atoms with E-state index in [0.717, 1.165) is 12.8 Å². The fraction of sp³-hybridized carbons (Fsp3) is 0.455. The fourth-order valence-electron chi connectivity index (χ4n) is 4.07. The molecule has 168 valence electrons. The van der Waals surface area contributed by atoms with Gasteiger partial charge in [0.05, 0.1) is 12.0 Å². The van der Waals surface area contributed by atoms with Crippen molar-refractivity contribution in [2.45, 2.75) is 50.0 Å². The number of halogens is 2. The summed E-state index contributed by atoms with van der Waals surface area (Å²) in [6.45, 7) is 1.76. The maximum Gasteiger partial charge on any atom is 0.257 e. The van der Waals surface area contributed by atoms with Crippen molar-refractivity contribution in [3.05, 3.63) is 52.3 Å². The van der Waals surface area contributed by atoms with Crippen LogP contribution in [0.1, 0.15) is 49.5 Å². The van der Waals surface area contributed by atoms with Crippen LogP contribution in [0.5, 0.6) is 0 Å². The second kappa shape index (κ2) is 7.77. The molecule has 1 amide bonds. The molecule has 3 aromatic rings. The topological polar surface area (TPSA) is 104 Å². The van der Waals surface area contributed by atoms with Gasteiger partial charge in [0.1, 0.15) is 5.82 Å². The molecule has 0 unspecified atom stereocenters. The van der Waals surface area contributed by atoms with E-state index in [0.29, 0.717) is 34.4 Å². The molecule has 10 heteroatoms. The van der Waals surface area contributed by atoms with E-state index in [1.54, 1.807) is 24.0 Å². The third-order valence-electron chi connectivity index (χ3n) is 6.24. The van der Waals surface area contributed by atoms with Gasteiger partial charge < -0.3 is 14.7 Å². The van der Waals surface area contributed by atoms with Crippen LogP contribution in [0.2, 0.25) is 0 Å². The van der Waals surface area contributed by atoms with Crippen molar-refractivity contribution in [3.63, 3.8) is 0 Å². The molecular formula is C22H23F2N5O3. The Hall–Kier alpha value is -3.14. The van der Waals surface area contributed by atoms with Crippen LogP contribution in [0.4, 0.5) is 14.6 Å². The lowest BCUT2D eigenvalue weighted by molar-refractivity contribution is -0.125. The molecule has 1 aliphatic heterocycles. The Bertz CT molecular complexity index is 1200. The van der Waals surface area contributed by atoms with Crippen molar-refractivity contribution in [2.75, 3.05) is 18.4 Å². The number of hydrogen-bond donors (Lipinski definition) is 2. The van der Waals surface area contributed by atoms with E-state index in [1.165, 1.54) is 18.3 Å². The number of nitrogens with zero attached hydrogens (tertiary/aromatic N) is 3. The predicted octanol–water partition coefficient (Wildman–Crippen LogP) is 3.24. The number of H-pyrrole nitrogens is 1. The summed E-state index contributed by atoms with van der Waals surface area (Å²) in [5, 5.41) is 2.76. The van der Waals surface area contributed by atoms with Crippen molar-refractivity contribution < 1.29 is 18.0 Å². The predicted molar refractivity (Wildman–Crippen MR) is 113 cm³/mol. The Morgan fingerprint density at radius 3 is 2.81 bits per heavy atom. The van der Waals surface area contributed by atoms with Crippen LogP contribution in [-0.2, 0) is 4.79 Å². The first-order valence-electron chi connectivity index (χ1n) is 10.7. The van der Waals surface area contributed by atoms with E-state index >= 15 is 0 Å². The highest BCUT2D eigenvalue weighted by Gasteiger charge is 2.46. The number of oxazole rings is 1. The lowest BCUT2D eigenvalue weighted by Gasteiger charge is -2.40. The lowest BCUT2D eigenvalue weighted by Crippen LogP contribution is -2.52. The maximum atomic E-state index is 14.6. The molecule has 2 aliphatic rings. The zero-order valence-electron chi connectivity index (χ0n) is 17.5. The molecular weight excluding hydrogens is 420 g/mol. The Morgan fingerprint density at radius 1 is 1.28 bits per heavy atom. The number of carbonyl (C=O) groups excluding carboxylic acids is 1. The largest absolute Gasteiger partial charge is 0.439 e. The SMILES string of the molecule is C[C@@H](C(=O)Nc1ccc2oc(C3CC3)nc2n1)N1CCC(F)(F)[C@@H](c2ccc(=O)[nH]c2)C1. The van der Waals surface area contributed by atoms with Crippen molar-refractivity contribution in [3.8, 4) is 0 Å². The minimum absolute atomic E-state index is 0.00582. The summed E-state index contributed by atoms with van der Waals surface area (Å²) in [7, 11) is 0. The third-order valence-corrected chi connectivity index (χ3v) is 6.24. The Morgan fingerprint density at radius 2 is 2.09 bits per heavy atom. The number of alkyl halides is 2. The molecule has 3 aromatic heterocycles. The summed E-state index contributed by atoms with van der Waals surface area (Å²) in [5.41, 5.74) is 1.00. The minimum atomic E-state index is -2.93. The van der Waals surface area contributed by atoms with Gasteiger partial charge in [-0.2, -0.15) is 4.98 Å². The number of anilines is 1. The minimum Gasteiger partial charge on any atom is -0.439 e. The first-order valence-corrected chi connectivity index (χ1v) is 10.7. The van der Waals surface area contributed by atoms with Crippen LogP contribution >= 0.6 is 0 Å². The van der Waals surface area contributed by atoms with Gasteiger partial charge in [0.25, 0.3) is 5.92 Å². The van der Waals surface area contributed by atoms with Gasteiger partial charge in [0.2, 0.25) is 17.1 Å². The average Bonchev–Trinajstić information content (AvgIpc) is 3.53. The quantitative estimate of drug-likeness (QED) is 0.628. The molecule has 1 saturated carbocycles. The highest BCUT2D eigenvalue weighted by Crippen LogP contribution is 2.41. The van der Waals surface area contributed by atoms with E-state index in [1.807, 2.05) is 0 Å². The van der Waals surface area contributed by atoms with E-state index in [-0.39, 0.29) is 31.0 Å². The molecule has 1 aliphatic carbocycles. The maximum absolute atomic E-state index is 14.6. The Kier molecular flexibility index (Phi) is 5.04. The number of nitrogens with one attached hydrogen (secondary N) is 2. The number of rotatable bonds is 5. The van der Waals surface area contributed by atoms with Gasteiger partial charge in [-0.15, -0.1) is 0 Å². The molecule has 5 rings (SSSR count). The number of aromatic amines is 1. The number of pyridine rings is 2. The van der Waals surface area contributed by atoms with Crippen molar-refractivity contribution >= 4 is 23.0 Å². The first-order chi connectivity index (χ1) is 15.3. The van der Waals surface area contributed by atoms with Gasteiger partial charge in [-0.25, -0.2) is 13.8 Å². The van der Waals surface area contributed by atoms with Gasteiger partial charge >= 0.3 is 0 Å². The smallest absolute Gasteiger partial charge is 0.257 e. The van der Waals surface area contributed by atoms with Crippen LogP contribution in [0.3, 0.4) is 0 Å². The molecule has 0 radical (unpaired) electrons. The zero-order valence-corrected chi connectivity index (χ0v) is 17.5. The molecule has 32 heavy (non-hydrogen) atoms. The molecule has 0 spiro atoms. The molecule has 2 N–H and O–H groups in total. The summed E-state index contributed by atoms with van der Waals surface area (Å²) in [6, 6.07) is 5.37. The molecule has 2 atom stereocenters. The van der Waals surface area contributed by atoms with E-state index < -0.39 is 17.9 Å². The van der Waals surface area contributed by atoms with Crippen molar-refractivity contribution in [1.82, 2.24) is 19.9 Å². The molecule has 8 nitrogen and oxygen atoms in total. The summed E-state index contributed by atoms with van der Waals surface area (Å²) in [6.07, 6.45) is 3.06. The Balaban J connectivity index is 1.29. The third kappa shape index (κ3) is 4.02. The van der Waals surface area contributed by atoms with Gasteiger partial charge in [-0.05, 0) is 37.5 Å². The zero-order chi connectivity index (χ0) is 22.5. The van der Waals surface area contributed by atoms with E-state index in [4.69, 9.17) is 4.42 Å². The lowest BCUT2D eigenvalue weighted by atomic mass is 9.87. The summed E-state index contributed by atoms with van der Waals surface area (Å²) >= 11 is 0. The van der Waals surface area contributed by atoms with E-state index in [9.17, 15) is 18.4 Å². The van der Waals surface area contributed by atoms with Crippen LogP contribution < -0.4 is 10.9 Å². The highest BCUT2D eigenvalue weighted by atomic mass is 19.3. The number of likely N-dealkylation sites (tertiary alicyclic amines) is 1. The number of fused-ring (bicyclic) bond motifs is 1. The molecule has 2 fully saturated rings. The van der Waals surface area contributed by atoms with Crippen LogP contribution in [0.25, 0.3) is 11.2 Å². The summed E-state index contributed by atoms with van der Waals surface area (Å²) in [4.78, 5) is 37.1. The molecule has 1 saturated heterocycles. The number of hydrogen-bond acceptors (Lipinski definition) is 6.